The molecule has 1 aromatic carbocycles. The lowest BCUT2D eigenvalue weighted by Crippen LogP contribution is -2.10. The van der Waals surface area contributed by atoms with E-state index in [4.69, 9.17) is 5.73 Å². The maximum atomic E-state index is 10.8. The summed E-state index contributed by atoms with van der Waals surface area (Å²) in [7, 11) is 0. The lowest BCUT2D eigenvalue weighted by Gasteiger charge is -1.97. The maximum absolute atomic E-state index is 10.8. The predicted molar refractivity (Wildman–Crippen MR) is 48.1 cm³/mol. The molecule has 2 aromatic rings. The summed E-state index contributed by atoms with van der Waals surface area (Å²) in [6.45, 7) is 0. The number of amides is 1. The first-order valence-corrected chi connectivity index (χ1v) is 3.77. The summed E-state index contributed by atoms with van der Waals surface area (Å²) in [4.78, 5) is 18.7. The molecule has 0 aliphatic carbocycles. The fourth-order valence-corrected chi connectivity index (χ4v) is 1.13. The summed E-state index contributed by atoms with van der Waals surface area (Å²) in [5, 5.41) is 0.896. The van der Waals surface area contributed by atoms with Gasteiger partial charge in [0.25, 0.3) is 0 Å². The zero-order valence-electron chi connectivity index (χ0n) is 6.77. The van der Waals surface area contributed by atoms with Crippen LogP contribution < -0.4 is 5.73 Å². The molecule has 0 atom stereocenters. The monoisotopic (exact) mass is 173 g/mol. The van der Waals surface area contributed by atoms with Crippen molar-refractivity contribution in [3.63, 3.8) is 0 Å². The van der Waals surface area contributed by atoms with E-state index in [-0.39, 0.29) is 0 Å². The van der Waals surface area contributed by atoms with Crippen LogP contribution in [-0.2, 0) is 0 Å². The number of carbonyl (C=O) groups excluding carboxylic acids is 1. The van der Waals surface area contributed by atoms with E-state index in [0.29, 0.717) is 5.56 Å². The van der Waals surface area contributed by atoms with Crippen molar-refractivity contribution in [2.45, 2.75) is 0 Å². The second-order valence-corrected chi connectivity index (χ2v) is 2.66. The van der Waals surface area contributed by atoms with Gasteiger partial charge in [-0.25, -0.2) is 9.97 Å². The number of carbonyl (C=O) groups is 1. The van der Waals surface area contributed by atoms with Crippen molar-refractivity contribution in [2.75, 3.05) is 0 Å². The molecule has 0 radical (unpaired) electrons. The third-order valence-corrected chi connectivity index (χ3v) is 1.79. The highest BCUT2D eigenvalue weighted by atomic mass is 16.1. The molecule has 0 unspecified atom stereocenters. The van der Waals surface area contributed by atoms with Crippen molar-refractivity contribution in [1.82, 2.24) is 9.97 Å². The Morgan fingerprint density at radius 3 is 3.00 bits per heavy atom. The molecular formula is C9H7N3O. The summed E-state index contributed by atoms with van der Waals surface area (Å²) in [5.41, 5.74) is 6.31. The molecule has 1 amide bonds. The van der Waals surface area contributed by atoms with Crippen LogP contribution in [-0.4, -0.2) is 15.9 Å². The van der Waals surface area contributed by atoms with Gasteiger partial charge in [0.05, 0.1) is 5.52 Å². The fraction of sp³-hybridized carbons (Fsp3) is 0. The molecule has 0 aliphatic heterocycles. The van der Waals surface area contributed by atoms with Crippen molar-refractivity contribution in [3.05, 3.63) is 36.3 Å². The van der Waals surface area contributed by atoms with Gasteiger partial charge >= 0.3 is 0 Å². The van der Waals surface area contributed by atoms with Gasteiger partial charge in [0.1, 0.15) is 6.33 Å². The Balaban J connectivity index is 2.69. The molecule has 13 heavy (non-hydrogen) atoms. The average molecular weight is 173 g/mol. The second-order valence-electron chi connectivity index (χ2n) is 2.66. The minimum atomic E-state index is -0.444. The van der Waals surface area contributed by atoms with E-state index in [9.17, 15) is 4.79 Å². The third kappa shape index (κ3) is 1.33. The Morgan fingerprint density at radius 1 is 1.38 bits per heavy atom. The molecule has 1 heterocycles. The summed E-state index contributed by atoms with van der Waals surface area (Å²) < 4.78 is 0. The molecule has 1 aromatic heterocycles. The van der Waals surface area contributed by atoms with Crippen LogP contribution >= 0.6 is 0 Å². The van der Waals surface area contributed by atoms with Gasteiger partial charge in [-0.1, -0.05) is 6.07 Å². The van der Waals surface area contributed by atoms with Crippen LogP contribution in [0.4, 0.5) is 0 Å². The summed E-state index contributed by atoms with van der Waals surface area (Å²) in [6, 6.07) is 5.09. The van der Waals surface area contributed by atoms with Gasteiger partial charge in [-0.15, -0.1) is 0 Å². The molecule has 0 spiro atoms. The van der Waals surface area contributed by atoms with Crippen molar-refractivity contribution >= 4 is 16.8 Å². The molecule has 0 saturated heterocycles. The Hall–Kier alpha value is -1.97. The predicted octanol–water partition coefficient (Wildman–Crippen LogP) is 0.729. The maximum Gasteiger partial charge on any atom is 0.248 e. The molecule has 0 fully saturated rings. The number of primary amides is 1. The van der Waals surface area contributed by atoms with E-state index in [1.807, 2.05) is 0 Å². The first-order valence-electron chi connectivity index (χ1n) is 3.77. The van der Waals surface area contributed by atoms with Crippen LogP contribution in [0.5, 0.6) is 0 Å². The zero-order chi connectivity index (χ0) is 9.26. The van der Waals surface area contributed by atoms with Gasteiger partial charge in [0, 0.05) is 17.1 Å². The molecule has 4 nitrogen and oxygen atoms in total. The highest BCUT2D eigenvalue weighted by Gasteiger charge is 2.01. The molecule has 2 rings (SSSR count). The summed E-state index contributed by atoms with van der Waals surface area (Å²) >= 11 is 0. The van der Waals surface area contributed by atoms with Crippen molar-refractivity contribution in [1.29, 1.82) is 0 Å². The first kappa shape index (κ1) is 7.67. The van der Waals surface area contributed by atoms with E-state index in [2.05, 4.69) is 9.97 Å². The topological polar surface area (TPSA) is 68.9 Å². The second kappa shape index (κ2) is 2.82. The Labute approximate surface area is 74.4 Å². The number of benzene rings is 1. The van der Waals surface area contributed by atoms with Gasteiger partial charge in [-0.3, -0.25) is 4.79 Å². The quantitative estimate of drug-likeness (QED) is 0.691. The molecule has 0 bridgehead atoms. The van der Waals surface area contributed by atoms with Gasteiger partial charge in [0.15, 0.2) is 0 Å². The van der Waals surface area contributed by atoms with Crippen molar-refractivity contribution < 1.29 is 4.79 Å². The molecular weight excluding hydrogens is 166 g/mol. The first-order chi connectivity index (χ1) is 6.27. The molecule has 64 valence electrons. The van der Waals surface area contributed by atoms with E-state index < -0.39 is 5.91 Å². The number of fused-ring (bicyclic) bond motifs is 1. The van der Waals surface area contributed by atoms with Gasteiger partial charge < -0.3 is 5.73 Å². The standard InChI is InChI=1S/C9H7N3O/c10-9(13)6-1-2-7-4-11-5-12-8(7)3-6/h1-5H,(H2,10,13). The smallest absolute Gasteiger partial charge is 0.248 e. The highest BCUT2D eigenvalue weighted by Crippen LogP contribution is 2.11. The fourth-order valence-electron chi connectivity index (χ4n) is 1.13. The molecule has 0 aliphatic rings. The average Bonchev–Trinajstić information content (AvgIpc) is 2.17. The molecule has 2 N–H and O–H groups in total. The normalized spacial score (nSPS) is 10.2. The minimum Gasteiger partial charge on any atom is -0.366 e. The zero-order valence-corrected chi connectivity index (χ0v) is 6.77. The Kier molecular flexibility index (Phi) is 1.66. The van der Waals surface area contributed by atoms with E-state index >= 15 is 0 Å². The van der Waals surface area contributed by atoms with Crippen LogP contribution in [0, 0.1) is 0 Å². The molecule has 4 heteroatoms. The highest BCUT2D eigenvalue weighted by molar-refractivity contribution is 5.96. The lowest BCUT2D eigenvalue weighted by atomic mass is 10.1. The van der Waals surface area contributed by atoms with Gasteiger partial charge in [0.2, 0.25) is 5.91 Å². The van der Waals surface area contributed by atoms with Crippen molar-refractivity contribution in [3.8, 4) is 0 Å². The number of nitrogens with zero attached hydrogens (tertiary/aromatic N) is 2. The van der Waals surface area contributed by atoms with E-state index in [1.54, 1.807) is 24.4 Å². The third-order valence-electron chi connectivity index (χ3n) is 1.79. The van der Waals surface area contributed by atoms with E-state index in [1.165, 1.54) is 6.33 Å². The van der Waals surface area contributed by atoms with E-state index in [0.717, 1.165) is 10.9 Å². The largest absolute Gasteiger partial charge is 0.366 e. The van der Waals surface area contributed by atoms with Crippen LogP contribution in [0.2, 0.25) is 0 Å². The molecule has 0 saturated carbocycles. The number of aromatic nitrogens is 2. The van der Waals surface area contributed by atoms with Crippen LogP contribution in [0.15, 0.2) is 30.7 Å². The summed E-state index contributed by atoms with van der Waals surface area (Å²) in [5.74, 6) is -0.444. The SMILES string of the molecule is NC(=O)c1ccc2cncnc2c1. The minimum absolute atomic E-state index is 0.444. The van der Waals surface area contributed by atoms with Crippen LogP contribution in [0.3, 0.4) is 0 Å². The van der Waals surface area contributed by atoms with Crippen LogP contribution in [0.1, 0.15) is 10.4 Å². The number of nitrogens with two attached hydrogens (primary N) is 1. The Morgan fingerprint density at radius 2 is 2.23 bits per heavy atom. The number of hydrogen-bond acceptors (Lipinski definition) is 3. The van der Waals surface area contributed by atoms with Crippen LogP contribution in [0.25, 0.3) is 10.9 Å². The van der Waals surface area contributed by atoms with Crippen molar-refractivity contribution in [2.24, 2.45) is 5.73 Å². The summed E-state index contributed by atoms with van der Waals surface area (Å²) in [6.07, 6.45) is 3.13. The van der Waals surface area contributed by atoms with Gasteiger partial charge in [-0.2, -0.15) is 0 Å². The van der Waals surface area contributed by atoms with Gasteiger partial charge in [-0.05, 0) is 12.1 Å². The number of rotatable bonds is 1. The Bertz CT molecular complexity index is 467. The number of hydrogen-bond donors (Lipinski definition) is 1. The lowest BCUT2D eigenvalue weighted by molar-refractivity contribution is 0.100.